The van der Waals surface area contributed by atoms with Crippen molar-refractivity contribution in [1.29, 1.82) is 0 Å². The highest BCUT2D eigenvalue weighted by atomic mass is 14.9. The van der Waals surface area contributed by atoms with E-state index >= 15 is 0 Å². The van der Waals surface area contributed by atoms with Crippen molar-refractivity contribution in [2.45, 2.75) is 6.92 Å². The third-order valence-electron chi connectivity index (χ3n) is 3.66. The minimum atomic E-state index is 0.902. The van der Waals surface area contributed by atoms with E-state index in [9.17, 15) is 0 Å². The van der Waals surface area contributed by atoms with E-state index in [4.69, 9.17) is 0 Å². The zero-order chi connectivity index (χ0) is 14.9. The van der Waals surface area contributed by atoms with E-state index in [1.165, 1.54) is 0 Å². The fraction of sp³-hybridized carbons (Fsp3) is 0.0556. The lowest BCUT2D eigenvalue weighted by Crippen LogP contribution is -1.89. The molecule has 0 spiro atoms. The van der Waals surface area contributed by atoms with Crippen molar-refractivity contribution in [3.63, 3.8) is 0 Å². The molecule has 0 amide bonds. The van der Waals surface area contributed by atoms with Gasteiger partial charge in [0, 0.05) is 22.8 Å². The summed E-state index contributed by atoms with van der Waals surface area (Å²) in [7, 11) is 0. The summed E-state index contributed by atoms with van der Waals surface area (Å²) in [6, 6.07) is 16.2. The highest BCUT2D eigenvalue weighted by molar-refractivity contribution is 5.86. The average molecular weight is 286 g/mol. The molecule has 0 aliphatic rings. The Labute approximate surface area is 127 Å². The topological polar surface area (TPSA) is 54.5 Å². The van der Waals surface area contributed by atoms with Gasteiger partial charge in [-0.2, -0.15) is 0 Å². The molecule has 1 aromatic carbocycles. The molecule has 3 aromatic heterocycles. The van der Waals surface area contributed by atoms with Gasteiger partial charge < -0.3 is 4.98 Å². The Balaban J connectivity index is 1.87. The van der Waals surface area contributed by atoms with Gasteiger partial charge in [0.1, 0.15) is 0 Å². The van der Waals surface area contributed by atoms with Crippen LogP contribution in [0, 0.1) is 6.92 Å². The van der Waals surface area contributed by atoms with Crippen molar-refractivity contribution in [3.05, 3.63) is 66.7 Å². The van der Waals surface area contributed by atoms with Gasteiger partial charge in [-0.15, -0.1) is 0 Å². The normalized spacial score (nSPS) is 11.0. The predicted octanol–water partition coefficient (Wildman–Crippen LogP) is 4.00. The Bertz CT molecular complexity index is 956. The first-order valence-corrected chi connectivity index (χ1v) is 7.14. The first-order chi connectivity index (χ1) is 10.8. The molecule has 4 aromatic rings. The van der Waals surface area contributed by atoms with Crippen LogP contribution < -0.4 is 0 Å². The Kier molecular flexibility index (Phi) is 2.93. The van der Waals surface area contributed by atoms with Crippen molar-refractivity contribution >= 4 is 10.9 Å². The molecule has 0 saturated heterocycles. The molecular weight excluding hydrogens is 272 g/mol. The average Bonchev–Trinajstić information content (AvgIpc) is 3.04. The molecule has 0 aliphatic carbocycles. The molecule has 0 unspecified atom stereocenters. The Hall–Kier alpha value is -3.01. The van der Waals surface area contributed by atoms with Crippen LogP contribution in [0.2, 0.25) is 0 Å². The standard InChI is InChI=1S/C18H14N4/c1-12-4-2-6-16(22-12)18-17(20-11-21-18)14-7-8-15-13(10-14)5-3-9-19-15/h2-11H,1H3,(H,20,21). The summed E-state index contributed by atoms with van der Waals surface area (Å²) in [4.78, 5) is 16.6. The minimum absolute atomic E-state index is 0.902. The first-order valence-electron chi connectivity index (χ1n) is 7.14. The minimum Gasteiger partial charge on any atom is -0.343 e. The molecule has 0 atom stereocenters. The van der Waals surface area contributed by atoms with Crippen molar-refractivity contribution < 1.29 is 0 Å². The van der Waals surface area contributed by atoms with Crippen LogP contribution in [0.4, 0.5) is 0 Å². The lowest BCUT2D eigenvalue weighted by atomic mass is 10.1. The number of nitrogens with one attached hydrogen (secondary N) is 1. The quantitative estimate of drug-likeness (QED) is 0.606. The number of benzene rings is 1. The van der Waals surface area contributed by atoms with Gasteiger partial charge in [0.15, 0.2) is 0 Å². The van der Waals surface area contributed by atoms with Crippen LogP contribution in [0.1, 0.15) is 5.69 Å². The number of pyridine rings is 2. The van der Waals surface area contributed by atoms with Crippen LogP contribution in [-0.4, -0.2) is 19.9 Å². The van der Waals surface area contributed by atoms with Crippen LogP contribution in [0.3, 0.4) is 0 Å². The Morgan fingerprint density at radius 2 is 1.91 bits per heavy atom. The third kappa shape index (κ3) is 2.15. The first kappa shape index (κ1) is 12.7. The molecule has 0 aliphatic heterocycles. The molecule has 1 N–H and O–H groups in total. The van der Waals surface area contributed by atoms with Crippen LogP contribution in [-0.2, 0) is 0 Å². The van der Waals surface area contributed by atoms with Gasteiger partial charge in [-0.1, -0.05) is 18.2 Å². The molecule has 3 heterocycles. The van der Waals surface area contributed by atoms with Gasteiger partial charge in [-0.3, -0.25) is 9.97 Å². The second-order valence-corrected chi connectivity index (χ2v) is 5.20. The summed E-state index contributed by atoms with van der Waals surface area (Å²) in [6.45, 7) is 1.99. The van der Waals surface area contributed by atoms with Gasteiger partial charge >= 0.3 is 0 Å². The highest BCUT2D eigenvalue weighted by Gasteiger charge is 2.12. The number of nitrogens with zero attached hydrogens (tertiary/aromatic N) is 3. The number of rotatable bonds is 2. The molecule has 0 radical (unpaired) electrons. The SMILES string of the molecule is Cc1cccc(-c2[nH]cnc2-c2ccc3ncccc3c2)n1. The summed E-state index contributed by atoms with van der Waals surface area (Å²) in [5.41, 5.74) is 5.77. The number of fused-ring (bicyclic) bond motifs is 1. The highest BCUT2D eigenvalue weighted by Crippen LogP contribution is 2.29. The maximum absolute atomic E-state index is 4.58. The summed E-state index contributed by atoms with van der Waals surface area (Å²) in [6.07, 6.45) is 3.51. The molecule has 106 valence electrons. The number of hydrogen-bond acceptors (Lipinski definition) is 3. The summed E-state index contributed by atoms with van der Waals surface area (Å²) >= 11 is 0. The Morgan fingerprint density at radius 1 is 0.955 bits per heavy atom. The van der Waals surface area contributed by atoms with Gasteiger partial charge in [-0.05, 0) is 37.3 Å². The summed E-state index contributed by atoms with van der Waals surface area (Å²) < 4.78 is 0. The fourth-order valence-corrected chi connectivity index (χ4v) is 2.61. The fourth-order valence-electron chi connectivity index (χ4n) is 2.61. The Morgan fingerprint density at radius 3 is 2.82 bits per heavy atom. The second-order valence-electron chi connectivity index (χ2n) is 5.20. The monoisotopic (exact) mass is 286 g/mol. The van der Waals surface area contributed by atoms with E-state index in [1.54, 1.807) is 12.5 Å². The smallest absolute Gasteiger partial charge is 0.0977 e. The van der Waals surface area contributed by atoms with Crippen molar-refractivity contribution in [3.8, 4) is 22.6 Å². The van der Waals surface area contributed by atoms with Gasteiger partial charge in [0.25, 0.3) is 0 Å². The molecule has 4 rings (SSSR count). The van der Waals surface area contributed by atoms with E-state index in [0.717, 1.165) is 39.2 Å². The lowest BCUT2D eigenvalue weighted by Gasteiger charge is -2.05. The molecule has 0 bridgehead atoms. The number of aryl methyl sites for hydroxylation is 1. The largest absolute Gasteiger partial charge is 0.343 e. The third-order valence-corrected chi connectivity index (χ3v) is 3.66. The molecule has 22 heavy (non-hydrogen) atoms. The van der Waals surface area contributed by atoms with E-state index in [0.29, 0.717) is 0 Å². The van der Waals surface area contributed by atoms with Crippen molar-refractivity contribution in [2.75, 3.05) is 0 Å². The molecule has 4 heteroatoms. The lowest BCUT2D eigenvalue weighted by molar-refractivity contribution is 1.19. The van der Waals surface area contributed by atoms with Crippen LogP contribution in [0.25, 0.3) is 33.5 Å². The number of hydrogen-bond donors (Lipinski definition) is 1. The van der Waals surface area contributed by atoms with Crippen molar-refractivity contribution in [2.24, 2.45) is 0 Å². The summed E-state index contributed by atoms with van der Waals surface area (Å²) in [5.74, 6) is 0. The summed E-state index contributed by atoms with van der Waals surface area (Å²) in [5, 5.41) is 1.10. The maximum Gasteiger partial charge on any atom is 0.0977 e. The van der Waals surface area contributed by atoms with Crippen LogP contribution in [0.5, 0.6) is 0 Å². The van der Waals surface area contributed by atoms with Crippen LogP contribution >= 0.6 is 0 Å². The molecule has 0 fully saturated rings. The number of aromatic nitrogens is 4. The van der Waals surface area contributed by atoms with E-state index < -0.39 is 0 Å². The van der Waals surface area contributed by atoms with Crippen LogP contribution in [0.15, 0.2) is 61.1 Å². The van der Waals surface area contributed by atoms with E-state index in [-0.39, 0.29) is 0 Å². The van der Waals surface area contributed by atoms with E-state index in [2.05, 4.69) is 32.1 Å². The van der Waals surface area contributed by atoms with Gasteiger partial charge in [-0.25, -0.2) is 4.98 Å². The number of H-pyrrole nitrogens is 1. The maximum atomic E-state index is 4.58. The number of imidazole rings is 1. The van der Waals surface area contributed by atoms with Crippen molar-refractivity contribution in [1.82, 2.24) is 19.9 Å². The van der Waals surface area contributed by atoms with Gasteiger partial charge in [0.05, 0.1) is 28.9 Å². The molecule has 0 saturated carbocycles. The zero-order valence-corrected chi connectivity index (χ0v) is 12.1. The molecule has 4 nitrogen and oxygen atoms in total. The van der Waals surface area contributed by atoms with E-state index in [1.807, 2.05) is 43.3 Å². The second kappa shape index (κ2) is 5.07. The number of aromatic amines is 1. The predicted molar refractivity (Wildman–Crippen MR) is 87.3 cm³/mol. The van der Waals surface area contributed by atoms with Gasteiger partial charge in [0.2, 0.25) is 0 Å². The zero-order valence-electron chi connectivity index (χ0n) is 12.1. The molecular formula is C18H14N4.